The van der Waals surface area contributed by atoms with Crippen LogP contribution in [-0.4, -0.2) is 30.1 Å². The fourth-order valence-electron chi connectivity index (χ4n) is 3.97. The van der Waals surface area contributed by atoms with Crippen molar-refractivity contribution in [2.45, 2.75) is 66.0 Å². The van der Waals surface area contributed by atoms with Crippen LogP contribution in [0.5, 0.6) is 5.75 Å². The van der Waals surface area contributed by atoms with Crippen LogP contribution in [0.25, 0.3) is 0 Å². The number of esters is 1. The van der Waals surface area contributed by atoms with Crippen molar-refractivity contribution in [1.29, 1.82) is 0 Å². The van der Waals surface area contributed by atoms with Crippen molar-refractivity contribution in [3.63, 3.8) is 0 Å². The summed E-state index contributed by atoms with van der Waals surface area (Å²) in [6.07, 6.45) is 0.843. The predicted molar refractivity (Wildman–Crippen MR) is 115 cm³/mol. The van der Waals surface area contributed by atoms with Crippen molar-refractivity contribution in [2.75, 3.05) is 6.61 Å². The molecule has 1 aromatic heterocycles. The molecule has 1 heterocycles. The smallest absolute Gasteiger partial charge is 0.332 e. The summed E-state index contributed by atoms with van der Waals surface area (Å²) in [6, 6.07) is 5.47. The molecule has 29 heavy (non-hydrogen) atoms. The monoisotopic (exact) mass is 415 g/mol. The number of rotatable bonds is 6. The average molecular weight is 416 g/mol. The summed E-state index contributed by atoms with van der Waals surface area (Å²) < 4.78 is 11.3. The fraction of sp³-hybridized carbons (Fsp3) is 0.478. The molecule has 3 rings (SSSR count). The Morgan fingerprint density at radius 1 is 1.14 bits per heavy atom. The number of amides is 1. The molecule has 0 fully saturated rings. The van der Waals surface area contributed by atoms with Crippen LogP contribution in [0.2, 0.25) is 0 Å². The third-order valence-electron chi connectivity index (χ3n) is 5.31. The Kier molecular flexibility index (Phi) is 6.03. The van der Waals surface area contributed by atoms with Gasteiger partial charge in [-0.05, 0) is 64.3 Å². The highest BCUT2D eigenvalue weighted by Crippen LogP contribution is 2.40. The fourth-order valence-corrected chi connectivity index (χ4v) is 5.06. The van der Waals surface area contributed by atoms with Crippen molar-refractivity contribution in [2.24, 2.45) is 0 Å². The number of carbonyl (C=O) groups excluding carboxylic acids is 2. The van der Waals surface area contributed by atoms with Gasteiger partial charge in [0.1, 0.15) is 11.3 Å². The molecule has 1 N–H and O–H groups in total. The van der Waals surface area contributed by atoms with Gasteiger partial charge in [-0.1, -0.05) is 12.1 Å². The maximum Gasteiger partial charge on any atom is 0.332 e. The minimum atomic E-state index is -1.08. The highest BCUT2D eigenvalue weighted by molar-refractivity contribution is 7.12. The summed E-state index contributed by atoms with van der Waals surface area (Å²) in [5, 5.41) is 3.03. The summed E-state index contributed by atoms with van der Waals surface area (Å²) in [4.78, 5) is 28.7. The van der Waals surface area contributed by atoms with E-state index in [-0.39, 0.29) is 24.6 Å². The summed E-state index contributed by atoms with van der Waals surface area (Å²) in [5.41, 5.74) is 2.55. The second-order valence-corrected chi connectivity index (χ2v) is 9.33. The van der Waals surface area contributed by atoms with E-state index >= 15 is 0 Å². The van der Waals surface area contributed by atoms with Gasteiger partial charge in [-0.2, -0.15) is 0 Å². The van der Waals surface area contributed by atoms with E-state index in [2.05, 4.69) is 19.2 Å². The largest absolute Gasteiger partial charge is 0.490 e. The topological polar surface area (TPSA) is 64.6 Å². The van der Waals surface area contributed by atoms with Gasteiger partial charge in [0.05, 0.1) is 18.3 Å². The van der Waals surface area contributed by atoms with Crippen LogP contribution in [0.3, 0.4) is 0 Å². The second-order valence-electron chi connectivity index (χ2n) is 7.90. The molecule has 0 spiro atoms. The Labute approximate surface area is 176 Å². The van der Waals surface area contributed by atoms with E-state index in [1.807, 2.05) is 32.9 Å². The molecule has 1 amide bonds. The van der Waals surface area contributed by atoms with Gasteiger partial charge in [-0.25, -0.2) is 4.79 Å². The number of benzene rings is 1. The SMILES string of the molecule is CCOC(=O)C1(NC(=O)c2cccc(C)c2OC(C)C)Cc2c(C)sc(C)c2C1. The second kappa shape index (κ2) is 8.19. The molecule has 0 unspecified atom stereocenters. The molecular weight excluding hydrogens is 386 g/mol. The van der Waals surface area contributed by atoms with Crippen molar-refractivity contribution in [1.82, 2.24) is 5.32 Å². The van der Waals surface area contributed by atoms with Gasteiger partial charge >= 0.3 is 5.97 Å². The maximum absolute atomic E-state index is 13.3. The van der Waals surface area contributed by atoms with Crippen molar-refractivity contribution >= 4 is 23.2 Å². The summed E-state index contributed by atoms with van der Waals surface area (Å²) >= 11 is 1.74. The molecule has 1 aliphatic rings. The first-order valence-corrected chi connectivity index (χ1v) is 10.8. The highest BCUT2D eigenvalue weighted by Gasteiger charge is 2.48. The van der Waals surface area contributed by atoms with Gasteiger partial charge in [-0.3, -0.25) is 4.79 Å². The molecule has 1 aromatic carbocycles. The lowest BCUT2D eigenvalue weighted by molar-refractivity contribution is -0.150. The molecule has 0 aliphatic heterocycles. The van der Waals surface area contributed by atoms with E-state index in [1.54, 1.807) is 24.3 Å². The van der Waals surface area contributed by atoms with E-state index in [0.717, 1.165) is 16.7 Å². The highest BCUT2D eigenvalue weighted by atomic mass is 32.1. The number of fused-ring (bicyclic) bond motifs is 1. The molecular formula is C23H29NO4S. The van der Waals surface area contributed by atoms with Gasteiger partial charge in [0.15, 0.2) is 0 Å². The zero-order valence-corrected chi connectivity index (χ0v) is 18.8. The average Bonchev–Trinajstić information content (AvgIpc) is 3.15. The Morgan fingerprint density at radius 3 is 2.31 bits per heavy atom. The number of nitrogens with one attached hydrogen (secondary N) is 1. The number of carbonyl (C=O) groups is 2. The van der Waals surface area contributed by atoms with Gasteiger partial charge in [0, 0.05) is 22.6 Å². The molecule has 5 nitrogen and oxygen atoms in total. The zero-order chi connectivity index (χ0) is 21.3. The van der Waals surface area contributed by atoms with Gasteiger partial charge in [-0.15, -0.1) is 11.3 Å². The van der Waals surface area contributed by atoms with Crippen LogP contribution in [0.4, 0.5) is 0 Å². The van der Waals surface area contributed by atoms with Gasteiger partial charge in [0.25, 0.3) is 5.91 Å². The van der Waals surface area contributed by atoms with E-state index in [0.29, 0.717) is 24.2 Å². The standard InChI is InChI=1S/C23H29NO4S/c1-7-27-22(26)23(11-18-15(5)29-16(6)19(18)12-23)24-21(25)17-10-8-9-14(4)20(17)28-13(2)3/h8-10,13H,7,11-12H2,1-6H3,(H,24,25). The molecule has 0 saturated carbocycles. The third kappa shape index (κ3) is 4.04. The lowest BCUT2D eigenvalue weighted by Gasteiger charge is -2.29. The van der Waals surface area contributed by atoms with Crippen molar-refractivity contribution < 1.29 is 19.1 Å². The Balaban J connectivity index is 1.97. The third-order valence-corrected chi connectivity index (χ3v) is 6.41. The lowest BCUT2D eigenvalue weighted by Crippen LogP contribution is -2.56. The predicted octanol–water partition coefficient (Wildman–Crippen LogP) is 4.29. The van der Waals surface area contributed by atoms with Crippen molar-refractivity contribution in [3.8, 4) is 5.75 Å². The molecule has 0 bridgehead atoms. The van der Waals surface area contributed by atoms with E-state index in [9.17, 15) is 9.59 Å². The van der Waals surface area contributed by atoms with Crippen LogP contribution in [-0.2, 0) is 22.4 Å². The Bertz CT molecular complexity index is 918. The zero-order valence-electron chi connectivity index (χ0n) is 18.0. The summed E-state index contributed by atoms with van der Waals surface area (Å²) in [6.45, 7) is 11.9. The first-order chi connectivity index (χ1) is 13.7. The van der Waals surface area contributed by atoms with Crippen LogP contribution in [0, 0.1) is 20.8 Å². The molecule has 0 saturated heterocycles. The van der Waals surface area contributed by atoms with Crippen LogP contribution < -0.4 is 10.1 Å². The van der Waals surface area contributed by atoms with Gasteiger partial charge < -0.3 is 14.8 Å². The van der Waals surface area contributed by atoms with Crippen LogP contribution in [0.15, 0.2) is 18.2 Å². The Morgan fingerprint density at radius 2 is 1.76 bits per heavy atom. The number of hydrogen-bond donors (Lipinski definition) is 1. The molecule has 0 atom stereocenters. The summed E-state index contributed by atoms with van der Waals surface area (Å²) in [7, 11) is 0. The molecule has 156 valence electrons. The van der Waals surface area contributed by atoms with E-state index < -0.39 is 5.54 Å². The maximum atomic E-state index is 13.3. The van der Waals surface area contributed by atoms with Crippen LogP contribution in [0.1, 0.15) is 57.6 Å². The van der Waals surface area contributed by atoms with Crippen molar-refractivity contribution in [3.05, 3.63) is 50.2 Å². The normalized spacial score (nSPS) is 14.6. The van der Waals surface area contributed by atoms with Crippen LogP contribution >= 0.6 is 11.3 Å². The number of para-hydroxylation sites is 1. The number of thiophene rings is 1. The number of ether oxygens (including phenoxy) is 2. The first kappa shape index (κ1) is 21.4. The summed E-state index contributed by atoms with van der Waals surface area (Å²) in [5.74, 6) is -0.146. The molecule has 6 heteroatoms. The minimum Gasteiger partial charge on any atom is -0.490 e. The lowest BCUT2D eigenvalue weighted by atomic mass is 9.94. The number of aryl methyl sites for hydroxylation is 3. The van der Waals surface area contributed by atoms with E-state index in [4.69, 9.17) is 9.47 Å². The quantitative estimate of drug-likeness (QED) is 0.715. The molecule has 2 aromatic rings. The van der Waals surface area contributed by atoms with E-state index in [1.165, 1.54) is 9.75 Å². The molecule has 1 aliphatic carbocycles. The van der Waals surface area contributed by atoms with Gasteiger partial charge in [0.2, 0.25) is 0 Å². The Hall–Kier alpha value is -2.34. The minimum absolute atomic E-state index is 0.0647. The first-order valence-electron chi connectivity index (χ1n) is 10.0. The number of hydrogen-bond acceptors (Lipinski definition) is 5. The molecule has 0 radical (unpaired) electrons.